The quantitative estimate of drug-likeness (QED) is 0.761. The molecule has 3 aromatic rings. The Morgan fingerprint density at radius 1 is 0.821 bits per heavy atom. The van der Waals surface area contributed by atoms with Gasteiger partial charge in [-0.15, -0.1) is 0 Å². The van der Waals surface area contributed by atoms with Gasteiger partial charge < -0.3 is 14.8 Å². The molecule has 0 saturated carbocycles. The zero-order valence-electron chi connectivity index (χ0n) is 15.6. The molecule has 5 heteroatoms. The summed E-state index contributed by atoms with van der Waals surface area (Å²) < 4.78 is 1.99. The molecule has 2 heterocycles. The number of aromatic nitrogens is 1. The molecule has 1 aromatic heterocycles. The first kappa shape index (κ1) is 18.0. The van der Waals surface area contributed by atoms with E-state index < -0.39 is 0 Å². The van der Waals surface area contributed by atoms with Gasteiger partial charge in [0.1, 0.15) is 0 Å². The van der Waals surface area contributed by atoms with E-state index in [-0.39, 0.29) is 17.9 Å². The van der Waals surface area contributed by atoms with E-state index in [1.807, 2.05) is 88.6 Å². The van der Waals surface area contributed by atoms with Crippen LogP contribution in [0.25, 0.3) is 5.69 Å². The number of hydrogen-bond donors (Lipinski definition) is 1. The molecule has 1 aliphatic heterocycles. The molecule has 0 unspecified atom stereocenters. The minimum absolute atomic E-state index is 0.0434. The van der Waals surface area contributed by atoms with Crippen molar-refractivity contribution in [2.45, 2.75) is 18.9 Å². The molecule has 0 spiro atoms. The first-order valence-corrected chi connectivity index (χ1v) is 9.59. The fraction of sp³-hybridized carbons (Fsp3) is 0.217. The molecule has 2 aromatic carbocycles. The van der Waals surface area contributed by atoms with Gasteiger partial charge in [-0.25, -0.2) is 0 Å². The van der Waals surface area contributed by atoms with Crippen molar-refractivity contribution in [3.63, 3.8) is 0 Å². The third kappa shape index (κ3) is 3.98. The highest BCUT2D eigenvalue weighted by Gasteiger charge is 2.25. The Balaban J connectivity index is 1.35. The predicted molar refractivity (Wildman–Crippen MR) is 109 cm³/mol. The third-order valence-corrected chi connectivity index (χ3v) is 5.15. The second-order valence-corrected chi connectivity index (χ2v) is 7.05. The van der Waals surface area contributed by atoms with Crippen molar-refractivity contribution in [3.8, 4) is 5.69 Å². The summed E-state index contributed by atoms with van der Waals surface area (Å²) in [5, 5.41) is 3.08. The van der Waals surface area contributed by atoms with E-state index in [4.69, 9.17) is 0 Å². The number of benzene rings is 2. The van der Waals surface area contributed by atoms with Crippen LogP contribution in [0.1, 0.15) is 33.6 Å². The van der Waals surface area contributed by atoms with Gasteiger partial charge >= 0.3 is 0 Å². The normalized spacial score (nSPS) is 14.6. The van der Waals surface area contributed by atoms with E-state index in [1.165, 1.54) is 0 Å². The number of rotatable bonds is 4. The van der Waals surface area contributed by atoms with Gasteiger partial charge in [-0.2, -0.15) is 0 Å². The third-order valence-electron chi connectivity index (χ3n) is 5.15. The van der Waals surface area contributed by atoms with Gasteiger partial charge in [-0.05, 0) is 55.3 Å². The maximum absolute atomic E-state index is 12.9. The van der Waals surface area contributed by atoms with Crippen molar-refractivity contribution in [1.29, 1.82) is 0 Å². The molecule has 0 radical (unpaired) electrons. The maximum Gasteiger partial charge on any atom is 0.253 e. The number of carbonyl (C=O) groups is 2. The van der Waals surface area contributed by atoms with Crippen molar-refractivity contribution in [2.24, 2.45) is 0 Å². The lowest BCUT2D eigenvalue weighted by molar-refractivity contribution is 0.0698. The number of nitrogens with one attached hydrogen (secondary N) is 1. The molecule has 28 heavy (non-hydrogen) atoms. The molecule has 0 aliphatic carbocycles. The number of carbonyl (C=O) groups excluding carboxylic acids is 2. The monoisotopic (exact) mass is 373 g/mol. The van der Waals surface area contributed by atoms with Gasteiger partial charge in [0.2, 0.25) is 0 Å². The smallest absolute Gasteiger partial charge is 0.253 e. The van der Waals surface area contributed by atoms with Crippen LogP contribution in [0.5, 0.6) is 0 Å². The van der Waals surface area contributed by atoms with Crippen LogP contribution in [0, 0.1) is 0 Å². The van der Waals surface area contributed by atoms with Crippen molar-refractivity contribution in [2.75, 3.05) is 13.1 Å². The molecule has 1 aliphatic rings. The SMILES string of the molecule is O=C(NC1CCN(C(=O)c2cccc(-n3cccc3)c2)CC1)c1ccccc1. The summed E-state index contributed by atoms with van der Waals surface area (Å²) >= 11 is 0. The van der Waals surface area contributed by atoms with Crippen molar-refractivity contribution in [3.05, 3.63) is 90.3 Å². The fourth-order valence-electron chi connectivity index (χ4n) is 3.57. The molecule has 4 rings (SSSR count). The number of likely N-dealkylation sites (tertiary alicyclic amines) is 1. The van der Waals surface area contributed by atoms with E-state index in [0.717, 1.165) is 18.5 Å². The van der Waals surface area contributed by atoms with Gasteiger partial charge in [-0.1, -0.05) is 24.3 Å². The summed E-state index contributed by atoms with van der Waals surface area (Å²) in [6.45, 7) is 1.29. The fourth-order valence-corrected chi connectivity index (χ4v) is 3.57. The van der Waals surface area contributed by atoms with Gasteiger partial charge in [0.05, 0.1) is 0 Å². The van der Waals surface area contributed by atoms with Crippen LogP contribution in [0.15, 0.2) is 79.1 Å². The largest absolute Gasteiger partial charge is 0.349 e. The standard InChI is InChI=1S/C23H23N3O2/c27-22(18-7-2-1-3-8-18)24-20-11-15-26(16-12-20)23(28)19-9-6-10-21(17-19)25-13-4-5-14-25/h1-10,13-14,17,20H,11-12,15-16H2,(H,24,27). The minimum Gasteiger partial charge on any atom is -0.349 e. The topological polar surface area (TPSA) is 54.3 Å². The lowest BCUT2D eigenvalue weighted by Gasteiger charge is -2.32. The Kier molecular flexibility index (Phi) is 5.24. The second-order valence-electron chi connectivity index (χ2n) is 7.05. The summed E-state index contributed by atoms with van der Waals surface area (Å²) in [5.74, 6) is -0.00774. The molecule has 142 valence electrons. The van der Waals surface area contributed by atoms with E-state index in [2.05, 4.69) is 5.32 Å². The summed E-state index contributed by atoms with van der Waals surface area (Å²) in [6.07, 6.45) is 5.46. The lowest BCUT2D eigenvalue weighted by Crippen LogP contribution is -2.46. The van der Waals surface area contributed by atoms with Crippen LogP contribution < -0.4 is 5.32 Å². The van der Waals surface area contributed by atoms with Crippen LogP contribution in [0.4, 0.5) is 0 Å². The Hall–Kier alpha value is -3.34. The zero-order chi connectivity index (χ0) is 19.3. The van der Waals surface area contributed by atoms with Crippen molar-refractivity contribution < 1.29 is 9.59 Å². The van der Waals surface area contributed by atoms with Crippen LogP contribution in [-0.4, -0.2) is 40.4 Å². The van der Waals surface area contributed by atoms with Crippen molar-refractivity contribution >= 4 is 11.8 Å². The molecule has 5 nitrogen and oxygen atoms in total. The van der Waals surface area contributed by atoms with E-state index in [0.29, 0.717) is 24.2 Å². The molecule has 1 fully saturated rings. The molecule has 2 amide bonds. The van der Waals surface area contributed by atoms with Gasteiger partial charge in [0.15, 0.2) is 0 Å². The molecule has 1 N–H and O–H groups in total. The van der Waals surface area contributed by atoms with Crippen LogP contribution >= 0.6 is 0 Å². The molecule has 0 bridgehead atoms. The van der Waals surface area contributed by atoms with Gasteiger partial charge in [0.25, 0.3) is 11.8 Å². The number of nitrogens with zero attached hydrogens (tertiary/aromatic N) is 2. The average molecular weight is 373 g/mol. The van der Waals surface area contributed by atoms with Crippen LogP contribution in [0.3, 0.4) is 0 Å². The Morgan fingerprint density at radius 2 is 1.50 bits per heavy atom. The zero-order valence-corrected chi connectivity index (χ0v) is 15.6. The molecule has 1 saturated heterocycles. The first-order valence-electron chi connectivity index (χ1n) is 9.59. The van der Waals surface area contributed by atoms with Crippen LogP contribution in [0.2, 0.25) is 0 Å². The van der Waals surface area contributed by atoms with Crippen molar-refractivity contribution in [1.82, 2.24) is 14.8 Å². The van der Waals surface area contributed by atoms with Crippen LogP contribution in [-0.2, 0) is 0 Å². The maximum atomic E-state index is 12.9. The number of piperidine rings is 1. The Labute approximate surface area is 164 Å². The highest BCUT2D eigenvalue weighted by molar-refractivity contribution is 5.95. The molecule has 0 atom stereocenters. The minimum atomic E-state index is -0.0511. The average Bonchev–Trinajstić information content (AvgIpc) is 3.29. The second kappa shape index (κ2) is 8.13. The number of amides is 2. The van der Waals surface area contributed by atoms with E-state index in [9.17, 15) is 9.59 Å². The summed E-state index contributed by atoms with van der Waals surface area (Å²) in [4.78, 5) is 27.1. The van der Waals surface area contributed by atoms with E-state index >= 15 is 0 Å². The van der Waals surface area contributed by atoms with Gasteiger partial charge in [0, 0.05) is 48.3 Å². The predicted octanol–water partition coefficient (Wildman–Crippen LogP) is 3.51. The summed E-state index contributed by atoms with van der Waals surface area (Å²) in [5.41, 5.74) is 2.33. The first-order chi connectivity index (χ1) is 13.7. The van der Waals surface area contributed by atoms with Gasteiger partial charge in [-0.3, -0.25) is 9.59 Å². The van der Waals surface area contributed by atoms with E-state index in [1.54, 1.807) is 0 Å². The molecular formula is C23H23N3O2. The highest BCUT2D eigenvalue weighted by atomic mass is 16.2. The Bertz CT molecular complexity index is 943. The summed E-state index contributed by atoms with van der Waals surface area (Å²) in [7, 11) is 0. The molecular weight excluding hydrogens is 350 g/mol. The Morgan fingerprint density at radius 3 is 2.21 bits per heavy atom. The highest BCUT2D eigenvalue weighted by Crippen LogP contribution is 2.17. The lowest BCUT2D eigenvalue weighted by atomic mass is 10.0. The number of hydrogen-bond acceptors (Lipinski definition) is 2. The summed E-state index contributed by atoms with van der Waals surface area (Å²) in [6, 6.07) is 20.9.